The molecule has 1 heterocycles. The Morgan fingerprint density at radius 3 is 2.38 bits per heavy atom. The fourth-order valence-corrected chi connectivity index (χ4v) is 3.17. The van der Waals surface area contributed by atoms with E-state index in [0.717, 1.165) is 22.6 Å². The van der Waals surface area contributed by atoms with E-state index < -0.39 is 0 Å². The summed E-state index contributed by atoms with van der Waals surface area (Å²) in [5.41, 5.74) is 1.71. The molecule has 0 aliphatic heterocycles. The number of likely N-dealkylation sites (N-methyl/N-ethyl adjacent to an activating group) is 1. The van der Waals surface area contributed by atoms with Gasteiger partial charge in [-0.15, -0.1) is 0 Å². The van der Waals surface area contributed by atoms with E-state index in [9.17, 15) is 9.90 Å². The zero-order valence-corrected chi connectivity index (χ0v) is 16.7. The van der Waals surface area contributed by atoms with Crippen molar-refractivity contribution in [1.82, 2.24) is 9.80 Å². The number of phenols is 1. The van der Waals surface area contributed by atoms with Crippen LogP contribution >= 0.6 is 0 Å². The fraction of sp³-hybridized carbons (Fsp3) is 0.261. The lowest BCUT2D eigenvalue weighted by atomic mass is 10.1. The minimum absolute atomic E-state index is 0.0297. The molecule has 152 valence electrons. The predicted octanol–water partition coefficient (Wildman–Crippen LogP) is 3.65. The van der Waals surface area contributed by atoms with Gasteiger partial charge in [0.25, 0.3) is 0 Å². The van der Waals surface area contributed by atoms with E-state index in [-0.39, 0.29) is 18.2 Å². The van der Waals surface area contributed by atoms with Gasteiger partial charge in [-0.3, -0.25) is 9.69 Å². The number of benzene rings is 2. The number of hydrogen-bond donors (Lipinski definition) is 1. The lowest BCUT2D eigenvalue weighted by molar-refractivity contribution is -0.132. The maximum atomic E-state index is 12.9. The van der Waals surface area contributed by atoms with Crippen LogP contribution in [0.15, 0.2) is 71.3 Å². The molecule has 2 aromatic carbocycles. The molecule has 3 aromatic rings. The third-order valence-corrected chi connectivity index (χ3v) is 4.73. The quantitative estimate of drug-likeness (QED) is 0.600. The van der Waals surface area contributed by atoms with Gasteiger partial charge in [0.05, 0.1) is 26.5 Å². The van der Waals surface area contributed by atoms with Gasteiger partial charge in [-0.05, 0) is 24.3 Å². The monoisotopic (exact) mass is 394 g/mol. The SMILES string of the molecule is COc1ccccc1CN(C)C(=O)CN(Cc1ccco1)Cc1ccccc1O. The molecule has 0 aliphatic rings. The normalized spacial score (nSPS) is 10.9. The summed E-state index contributed by atoms with van der Waals surface area (Å²) in [6, 6.07) is 18.5. The van der Waals surface area contributed by atoms with Crippen LogP contribution in [0.3, 0.4) is 0 Å². The van der Waals surface area contributed by atoms with Crippen LogP contribution in [0.2, 0.25) is 0 Å². The van der Waals surface area contributed by atoms with E-state index in [1.165, 1.54) is 0 Å². The molecule has 0 spiro atoms. The highest BCUT2D eigenvalue weighted by Crippen LogP contribution is 2.21. The van der Waals surface area contributed by atoms with E-state index in [2.05, 4.69) is 0 Å². The van der Waals surface area contributed by atoms with Gasteiger partial charge in [0.1, 0.15) is 17.3 Å². The Kier molecular flexibility index (Phi) is 6.92. The Bertz CT molecular complexity index is 924. The van der Waals surface area contributed by atoms with Crippen molar-refractivity contribution in [1.29, 1.82) is 0 Å². The van der Waals surface area contributed by atoms with Crippen LogP contribution in [-0.2, 0) is 24.4 Å². The van der Waals surface area contributed by atoms with Crippen molar-refractivity contribution in [3.05, 3.63) is 83.8 Å². The number of aromatic hydroxyl groups is 1. The molecule has 0 fully saturated rings. The van der Waals surface area contributed by atoms with Crippen molar-refractivity contribution in [3.8, 4) is 11.5 Å². The molecule has 29 heavy (non-hydrogen) atoms. The lowest BCUT2D eigenvalue weighted by Gasteiger charge is -2.25. The number of carbonyl (C=O) groups is 1. The zero-order chi connectivity index (χ0) is 20.6. The number of rotatable bonds is 9. The first-order valence-corrected chi connectivity index (χ1v) is 9.44. The molecule has 0 saturated carbocycles. The van der Waals surface area contributed by atoms with Crippen molar-refractivity contribution in [3.63, 3.8) is 0 Å². The summed E-state index contributed by atoms with van der Waals surface area (Å²) >= 11 is 0. The highest BCUT2D eigenvalue weighted by atomic mass is 16.5. The Labute approximate surface area is 170 Å². The number of amides is 1. The highest BCUT2D eigenvalue weighted by Gasteiger charge is 2.18. The van der Waals surface area contributed by atoms with Gasteiger partial charge in [0, 0.05) is 31.3 Å². The standard InChI is InChI=1S/C23H26N2O4/c1-24(14-19-9-4-6-12-22(19)28-2)23(27)17-25(16-20-10-7-13-29-20)15-18-8-3-5-11-21(18)26/h3-13,26H,14-17H2,1-2H3. The molecule has 0 atom stereocenters. The molecular formula is C23H26N2O4. The number of furan rings is 1. The van der Waals surface area contributed by atoms with Gasteiger partial charge in [-0.25, -0.2) is 0 Å². The largest absolute Gasteiger partial charge is 0.508 e. The van der Waals surface area contributed by atoms with Gasteiger partial charge in [0.15, 0.2) is 0 Å². The van der Waals surface area contributed by atoms with Crippen molar-refractivity contribution in [2.45, 2.75) is 19.6 Å². The highest BCUT2D eigenvalue weighted by molar-refractivity contribution is 5.78. The van der Waals surface area contributed by atoms with Crippen molar-refractivity contribution in [2.75, 3.05) is 20.7 Å². The second-order valence-corrected chi connectivity index (χ2v) is 6.91. The third kappa shape index (κ3) is 5.62. The second-order valence-electron chi connectivity index (χ2n) is 6.91. The first-order chi connectivity index (χ1) is 14.1. The molecule has 6 nitrogen and oxygen atoms in total. The lowest BCUT2D eigenvalue weighted by Crippen LogP contribution is -2.37. The Balaban J connectivity index is 1.70. The van der Waals surface area contributed by atoms with Gasteiger partial charge < -0.3 is 19.2 Å². The van der Waals surface area contributed by atoms with Crippen molar-refractivity contribution >= 4 is 5.91 Å². The Hall–Kier alpha value is -3.25. The van der Waals surface area contributed by atoms with Gasteiger partial charge in [-0.1, -0.05) is 36.4 Å². The number of carbonyl (C=O) groups excluding carboxylic acids is 1. The minimum Gasteiger partial charge on any atom is -0.508 e. The van der Waals surface area contributed by atoms with Crippen molar-refractivity contribution < 1.29 is 19.1 Å². The molecule has 1 amide bonds. The molecule has 0 radical (unpaired) electrons. The number of nitrogens with zero attached hydrogens (tertiary/aromatic N) is 2. The summed E-state index contributed by atoms with van der Waals surface area (Å²) in [6.07, 6.45) is 1.61. The summed E-state index contributed by atoms with van der Waals surface area (Å²) in [6.45, 7) is 1.55. The van der Waals surface area contributed by atoms with Crippen LogP contribution in [-0.4, -0.2) is 41.5 Å². The summed E-state index contributed by atoms with van der Waals surface area (Å²) < 4.78 is 10.8. The first-order valence-electron chi connectivity index (χ1n) is 9.44. The molecule has 0 bridgehead atoms. The Morgan fingerprint density at radius 2 is 1.69 bits per heavy atom. The average Bonchev–Trinajstić information content (AvgIpc) is 3.23. The fourth-order valence-electron chi connectivity index (χ4n) is 3.17. The topological polar surface area (TPSA) is 66.2 Å². The van der Waals surface area contributed by atoms with Gasteiger partial charge in [0.2, 0.25) is 5.91 Å². The number of ether oxygens (including phenoxy) is 1. The van der Waals surface area contributed by atoms with Crippen LogP contribution in [0.1, 0.15) is 16.9 Å². The second kappa shape index (κ2) is 9.80. The van der Waals surface area contributed by atoms with Gasteiger partial charge >= 0.3 is 0 Å². The first kappa shape index (κ1) is 20.5. The molecule has 0 saturated heterocycles. The maximum Gasteiger partial charge on any atom is 0.236 e. The average molecular weight is 394 g/mol. The predicted molar refractivity (Wildman–Crippen MR) is 110 cm³/mol. The smallest absolute Gasteiger partial charge is 0.236 e. The molecule has 6 heteroatoms. The molecule has 1 N–H and O–H groups in total. The van der Waals surface area contributed by atoms with E-state index >= 15 is 0 Å². The molecule has 0 unspecified atom stereocenters. The van der Waals surface area contributed by atoms with Crippen LogP contribution in [0, 0.1) is 0 Å². The van der Waals surface area contributed by atoms with E-state index in [0.29, 0.717) is 19.6 Å². The van der Waals surface area contributed by atoms with E-state index in [1.54, 1.807) is 37.5 Å². The molecular weight excluding hydrogens is 368 g/mol. The number of para-hydroxylation sites is 2. The summed E-state index contributed by atoms with van der Waals surface area (Å²) in [5.74, 6) is 1.71. The summed E-state index contributed by atoms with van der Waals surface area (Å²) in [4.78, 5) is 16.5. The maximum absolute atomic E-state index is 12.9. The van der Waals surface area contributed by atoms with Crippen LogP contribution in [0.25, 0.3) is 0 Å². The van der Waals surface area contributed by atoms with Gasteiger partial charge in [-0.2, -0.15) is 0 Å². The number of methoxy groups -OCH3 is 1. The summed E-state index contributed by atoms with van der Waals surface area (Å²) in [7, 11) is 3.40. The zero-order valence-electron chi connectivity index (χ0n) is 16.7. The van der Waals surface area contributed by atoms with E-state index in [1.807, 2.05) is 53.4 Å². The van der Waals surface area contributed by atoms with Crippen LogP contribution < -0.4 is 4.74 Å². The Morgan fingerprint density at radius 1 is 0.966 bits per heavy atom. The summed E-state index contributed by atoms with van der Waals surface area (Å²) in [5, 5.41) is 10.1. The van der Waals surface area contributed by atoms with E-state index in [4.69, 9.17) is 9.15 Å². The minimum atomic E-state index is -0.0297. The number of phenolic OH excluding ortho intramolecular Hbond substituents is 1. The van der Waals surface area contributed by atoms with Crippen LogP contribution in [0.5, 0.6) is 11.5 Å². The molecule has 3 rings (SSSR count). The van der Waals surface area contributed by atoms with Crippen molar-refractivity contribution in [2.24, 2.45) is 0 Å². The third-order valence-electron chi connectivity index (χ3n) is 4.73. The molecule has 1 aromatic heterocycles. The van der Waals surface area contributed by atoms with Crippen LogP contribution in [0.4, 0.5) is 0 Å². The number of hydrogen-bond acceptors (Lipinski definition) is 5. The molecule has 0 aliphatic carbocycles.